The summed E-state index contributed by atoms with van der Waals surface area (Å²) in [7, 11) is 2.05. The van der Waals surface area contributed by atoms with Gasteiger partial charge in [0.15, 0.2) is 0 Å². The van der Waals surface area contributed by atoms with Crippen molar-refractivity contribution in [1.82, 2.24) is 5.32 Å². The first-order valence-electron chi connectivity index (χ1n) is 5.03. The third-order valence-electron chi connectivity index (χ3n) is 3.12. The molecule has 1 aromatic heterocycles. The number of hydrogen-bond acceptors (Lipinski definition) is 2. The fourth-order valence-electron chi connectivity index (χ4n) is 2.29. The summed E-state index contributed by atoms with van der Waals surface area (Å²) in [5, 5.41) is 6.94. The molecule has 1 atom stereocenters. The molecule has 0 aliphatic heterocycles. The van der Waals surface area contributed by atoms with E-state index in [1.807, 2.05) is 11.3 Å². The average Bonchev–Trinajstić information content (AvgIpc) is 2.77. The van der Waals surface area contributed by atoms with E-state index in [-0.39, 0.29) is 0 Å². The van der Waals surface area contributed by atoms with Crippen LogP contribution in [0.1, 0.15) is 11.1 Å². The van der Waals surface area contributed by atoms with E-state index < -0.39 is 0 Å². The number of fused-ring (bicyclic) bond motifs is 2. The summed E-state index contributed by atoms with van der Waals surface area (Å²) in [5.74, 6) is 0. The van der Waals surface area contributed by atoms with Crippen molar-refractivity contribution in [3.63, 3.8) is 0 Å². The van der Waals surface area contributed by atoms with Gasteiger partial charge in [-0.05, 0) is 60.0 Å². The van der Waals surface area contributed by atoms with Gasteiger partial charge in [0.05, 0.1) is 0 Å². The first-order chi connectivity index (χ1) is 6.86. The van der Waals surface area contributed by atoms with Crippen LogP contribution < -0.4 is 5.32 Å². The number of rotatable bonds is 1. The summed E-state index contributed by atoms with van der Waals surface area (Å²) < 4.78 is 1.43. The zero-order valence-corrected chi connectivity index (χ0v) is 9.03. The maximum atomic E-state index is 3.36. The van der Waals surface area contributed by atoms with Crippen LogP contribution in [-0.4, -0.2) is 13.1 Å². The zero-order valence-electron chi connectivity index (χ0n) is 8.21. The molecule has 0 fully saturated rings. The third kappa shape index (κ3) is 1.18. The standard InChI is InChI=1S/C12H13NS/c1-13-11-5-9-4-8-2-3-14-12(8)7-10(9)6-11/h2-4,7,11,13H,5-6H2,1H3/t11-/m1/s1. The molecule has 0 saturated carbocycles. The molecular weight excluding hydrogens is 190 g/mol. The van der Waals surface area contributed by atoms with Gasteiger partial charge in [0.2, 0.25) is 0 Å². The van der Waals surface area contributed by atoms with Crippen LogP contribution >= 0.6 is 11.3 Å². The zero-order chi connectivity index (χ0) is 9.54. The van der Waals surface area contributed by atoms with Gasteiger partial charge in [0, 0.05) is 10.7 Å². The Bertz CT molecular complexity index is 432. The number of benzene rings is 1. The van der Waals surface area contributed by atoms with Crippen LogP contribution in [0.2, 0.25) is 0 Å². The van der Waals surface area contributed by atoms with E-state index >= 15 is 0 Å². The average molecular weight is 203 g/mol. The molecule has 1 N–H and O–H groups in total. The second-order valence-electron chi connectivity index (χ2n) is 3.97. The number of thiophene rings is 1. The Morgan fingerprint density at radius 3 is 2.86 bits per heavy atom. The smallest absolute Gasteiger partial charge is 0.0345 e. The van der Waals surface area contributed by atoms with E-state index in [9.17, 15) is 0 Å². The van der Waals surface area contributed by atoms with Crippen molar-refractivity contribution in [2.45, 2.75) is 18.9 Å². The Balaban J connectivity index is 2.13. The summed E-state index contributed by atoms with van der Waals surface area (Å²) in [4.78, 5) is 0. The van der Waals surface area contributed by atoms with Crippen LogP contribution in [0.25, 0.3) is 10.1 Å². The van der Waals surface area contributed by atoms with Gasteiger partial charge >= 0.3 is 0 Å². The van der Waals surface area contributed by atoms with Crippen molar-refractivity contribution >= 4 is 21.4 Å². The van der Waals surface area contributed by atoms with Gasteiger partial charge in [-0.25, -0.2) is 0 Å². The fourth-order valence-corrected chi connectivity index (χ4v) is 3.12. The highest BCUT2D eigenvalue weighted by atomic mass is 32.1. The Kier molecular flexibility index (Phi) is 1.85. The predicted octanol–water partition coefficient (Wildman–Crippen LogP) is 2.59. The van der Waals surface area contributed by atoms with Crippen LogP contribution in [0.4, 0.5) is 0 Å². The molecule has 1 aromatic carbocycles. The molecule has 14 heavy (non-hydrogen) atoms. The van der Waals surface area contributed by atoms with Gasteiger partial charge < -0.3 is 5.32 Å². The number of hydrogen-bond donors (Lipinski definition) is 1. The molecule has 2 heteroatoms. The Morgan fingerprint density at radius 1 is 1.29 bits per heavy atom. The van der Waals surface area contributed by atoms with E-state index in [4.69, 9.17) is 0 Å². The molecule has 1 aliphatic carbocycles. The maximum absolute atomic E-state index is 3.36. The lowest BCUT2D eigenvalue weighted by molar-refractivity contribution is 0.593. The molecule has 2 aromatic rings. The second-order valence-corrected chi connectivity index (χ2v) is 4.92. The highest BCUT2D eigenvalue weighted by Gasteiger charge is 2.20. The van der Waals surface area contributed by atoms with E-state index in [1.165, 1.54) is 28.5 Å². The summed E-state index contributed by atoms with van der Waals surface area (Å²) >= 11 is 1.84. The largest absolute Gasteiger partial charge is 0.316 e. The minimum atomic E-state index is 0.654. The fraction of sp³-hybridized carbons (Fsp3) is 0.333. The first-order valence-corrected chi connectivity index (χ1v) is 5.91. The Labute approximate surface area is 87.8 Å². The topological polar surface area (TPSA) is 12.0 Å². The summed E-state index contributed by atoms with van der Waals surface area (Å²) in [5.41, 5.74) is 3.08. The molecular formula is C12H13NS. The van der Waals surface area contributed by atoms with Gasteiger partial charge in [-0.2, -0.15) is 0 Å². The van der Waals surface area contributed by atoms with Crippen molar-refractivity contribution < 1.29 is 0 Å². The summed E-state index contributed by atoms with van der Waals surface area (Å²) in [6.45, 7) is 0. The van der Waals surface area contributed by atoms with Gasteiger partial charge in [-0.15, -0.1) is 11.3 Å². The molecule has 0 saturated heterocycles. The van der Waals surface area contributed by atoms with Crippen molar-refractivity contribution in [1.29, 1.82) is 0 Å². The van der Waals surface area contributed by atoms with Gasteiger partial charge in [0.25, 0.3) is 0 Å². The van der Waals surface area contributed by atoms with Gasteiger partial charge in [-0.3, -0.25) is 0 Å². The number of likely N-dealkylation sites (N-methyl/N-ethyl adjacent to an activating group) is 1. The molecule has 3 rings (SSSR count). The Hall–Kier alpha value is -0.860. The van der Waals surface area contributed by atoms with Crippen LogP contribution in [0, 0.1) is 0 Å². The first kappa shape index (κ1) is 8.45. The van der Waals surface area contributed by atoms with Crippen LogP contribution in [0.3, 0.4) is 0 Å². The van der Waals surface area contributed by atoms with E-state index in [1.54, 1.807) is 5.56 Å². The lowest BCUT2D eigenvalue weighted by Crippen LogP contribution is -2.24. The monoisotopic (exact) mass is 203 g/mol. The van der Waals surface area contributed by atoms with E-state index in [2.05, 4.69) is 35.9 Å². The van der Waals surface area contributed by atoms with Crippen LogP contribution in [0.5, 0.6) is 0 Å². The lowest BCUT2D eigenvalue weighted by atomic mass is 10.1. The summed E-state index contributed by atoms with van der Waals surface area (Å²) in [6, 6.07) is 7.60. The molecule has 1 nitrogen and oxygen atoms in total. The molecule has 1 heterocycles. The highest BCUT2D eigenvalue weighted by Crippen LogP contribution is 2.30. The van der Waals surface area contributed by atoms with Crippen LogP contribution in [-0.2, 0) is 12.8 Å². The molecule has 0 unspecified atom stereocenters. The lowest BCUT2D eigenvalue weighted by Gasteiger charge is -2.04. The number of nitrogens with one attached hydrogen (secondary N) is 1. The molecule has 72 valence electrons. The maximum Gasteiger partial charge on any atom is 0.0345 e. The third-order valence-corrected chi connectivity index (χ3v) is 4.00. The van der Waals surface area contributed by atoms with Crippen molar-refractivity contribution in [3.8, 4) is 0 Å². The molecule has 1 aliphatic rings. The van der Waals surface area contributed by atoms with E-state index in [0.29, 0.717) is 6.04 Å². The molecule has 0 radical (unpaired) electrons. The SMILES string of the molecule is CN[C@@H]1Cc2cc3ccsc3cc2C1. The van der Waals surface area contributed by atoms with Gasteiger partial charge in [-0.1, -0.05) is 0 Å². The predicted molar refractivity (Wildman–Crippen MR) is 62.1 cm³/mol. The van der Waals surface area contributed by atoms with Crippen LogP contribution in [0.15, 0.2) is 23.6 Å². The minimum Gasteiger partial charge on any atom is -0.316 e. The summed E-state index contributed by atoms with van der Waals surface area (Å²) in [6.07, 6.45) is 2.39. The minimum absolute atomic E-state index is 0.654. The quantitative estimate of drug-likeness (QED) is 0.751. The molecule has 0 bridgehead atoms. The van der Waals surface area contributed by atoms with Crippen molar-refractivity contribution in [2.24, 2.45) is 0 Å². The Morgan fingerprint density at radius 2 is 2.07 bits per heavy atom. The van der Waals surface area contributed by atoms with E-state index in [0.717, 1.165) is 0 Å². The van der Waals surface area contributed by atoms with Crippen molar-refractivity contribution in [3.05, 3.63) is 34.7 Å². The molecule has 0 amide bonds. The van der Waals surface area contributed by atoms with Crippen molar-refractivity contribution in [2.75, 3.05) is 7.05 Å². The molecule has 0 spiro atoms. The normalized spacial score (nSPS) is 20.2. The van der Waals surface area contributed by atoms with Gasteiger partial charge in [0.1, 0.15) is 0 Å². The second kappa shape index (κ2) is 3.07. The highest BCUT2D eigenvalue weighted by molar-refractivity contribution is 7.17.